The molecule has 4 rings (SSSR count). The van der Waals surface area contributed by atoms with Gasteiger partial charge in [-0.3, -0.25) is 4.79 Å². The van der Waals surface area contributed by atoms with Crippen molar-refractivity contribution in [3.05, 3.63) is 47.5 Å². The van der Waals surface area contributed by atoms with Crippen LogP contribution < -0.4 is 20.1 Å². The fraction of sp³-hybridized carbons (Fsp3) is 0.481. The number of carbonyl (C=O) groups excluding carboxylic acids is 2. The predicted molar refractivity (Wildman–Crippen MR) is 135 cm³/mol. The number of likely N-dealkylation sites (N-methyl/N-ethyl adjacent to an activating group) is 1. The molecule has 1 saturated carbocycles. The molecule has 2 aliphatic rings. The molecular formula is C27H35N3O5. The van der Waals surface area contributed by atoms with Crippen molar-refractivity contribution in [3.63, 3.8) is 0 Å². The van der Waals surface area contributed by atoms with Crippen LogP contribution in [0.15, 0.2) is 36.4 Å². The highest BCUT2D eigenvalue weighted by atomic mass is 16.6. The first-order valence-corrected chi connectivity index (χ1v) is 12.0. The quantitative estimate of drug-likeness (QED) is 0.586. The molecule has 0 aromatic heterocycles. The number of anilines is 2. The molecule has 1 aliphatic carbocycles. The topological polar surface area (TPSA) is 94.3 Å². The predicted octanol–water partition coefficient (Wildman–Crippen LogP) is 4.49. The Morgan fingerprint density at radius 2 is 1.86 bits per heavy atom. The molecule has 1 aliphatic heterocycles. The van der Waals surface area contributed by atoms with Crippen LogP contribution in [0.3, 0.4) is 0 Å². The third-order valence-electron chi connectivity index (χ3n) is 6.63. The van der Waals surface area contributed by atoms with Gasteiger partial charge < -0.3 is 29.7 Å². The molecule has 2 aromatic rings. The Kier molecular flexibility index (Phi) is 6.58. The monoisotopic (exact) mass is 481 g/mol. The van der Waals surface area contributed by atoms with E-state index in [0.717, 1.165) is 41.8 Å². The molecule has 2 amide bonds. The Balaban J connectivity index is 1.57. The first-order chi connectivity index (χ1) is 16.5. The van der Waals surface area contributed by atoms with E-state index >= 15 is 0 Å². The Bertz CT molecular complexity index is 1100. The summed E-state index contributed by atoms with van der Waals surface area (Å²) in [6.45, 7) is 6.48. The van der Waals surface area contributed by atoms with Gasteiger partial charge >= 0.3 is 6.09 Å². The lowest BCUT2D eigenvalue weighted by atomic mass is 9.65. The van der Waals surface area contributed by atoms with Crippen molar-refractivity contribution in [2.45, 2.75) is 57.6 Å². The maximum absolute atomic E-state index is 13.7. The summed E-state index contributed by atoms with van der Waals surface area (Å²) in [5.74, 6) is 1.42. The smallest absolute Gasteiger partial charge is 0.410 e. The van der Waals surface area contributed by atoms with Crippen LogP contribution in [0.5, 0.6) is 11.5 Å². The van der Waals surface area contributed by atoms with E-state index in [1.165, 1.54) is 4.90 Å². The highest BCUT2D eigenvalue weighted by Crippen LogP contribution is 2.57. The number of carbonyl (C=O) groups is 2. The standard InChI is InChI=1S/C27H35N3O5/c1-26(2,3)35-25(32)29(4)13-14-34-22-16-19(28)15-21-23(22)30(24(31)27(21)11-6-12-27)17-18-7-9-20(33-5)10-8-18/h7-10,15-16H,6,11-14,17,28H2,1-5H3. The number of fused-ring (bicyclic) bond motifs is 2. The number of methoxy groups -OCH3 is 1. The summed E-state index contributed by atoms with van der Waals surface area (Å²) in [5, 5.41) is 0. The van der Waals surface area contributed by atoms with E-state index in [1.54, 1.807) is 20.2 Å². The van der Waals surface area contributed by atoms with Crippen molar-refractivity contribution in [2.24, 2.45) is 0 Å². The second kappa shape index (κ2) is 9.32. The first-order valence-electron chi connectivity index (χ1n) is 12.0. The zero-order valence-corrected chi connectivity index (χ0v) is 21.2. The number of hydrogen-bond acceptors (Lipinski definition) is 6. The van der Waals surface area contributed by atoms with Crippen molar-refractivity contribution in [1.82, 2.24) is 4.90 Å². The van der Waals surface area contributed by atoms with Gasteiger partial charge in [-0.05, 0) is 62.9 Å². The molecule has 0 radical (unpaired) electrons. The van der Waals surface area contributed by atoms with E-state index in [2.05, 4.69) is 0 Å². The number of amides is 2. The summed E-state index contributed by atoms with van der Waals surface area (Å²) < 4.78 is 16.8. The van der Waals surface area contributed by atoms with Crippen molar-refractivity contribution in [2.75, 3.05) is 37.9 Å². The number of rotatable bonds is 7. The Morgan fingerprint density at radius 3 is 2.43 bits per heavy atom. The van der Waals surface area contributed by atoms with E-state index in [4.69, 9.17) is 19.9 Å². The molecule has 0 bridgehead atoms. The van der Waals surface area contributed by atoms with Gasteiger partial charge in [-0.2, -0.15) is 0 Å². The van der Waals surface area contributed by atoms with Gasteiger partial charge in [-0.1, -0.05) is 18.6 Å². The normalized spacial score (nSPS) is 16.0. The van der Waals surface area contributed by atoms with Crippen molar-refractivity contribution < 1.29 is 23.8 Å². The maximum atomic E-state index is 13.7. The number of nitrogens with zero attached hydrogens (tertiary/aromatic N) is 2. The van der Waals surface area contributed by atoms with Gasteiger partial charge in [0, 0.05) is 18.8 Å². The summed E-state index contributed by atoms with van der Waals surface area (Å²) in [7, 11) is 3.30. The lowest BCUT2D eigenvalue weighted by Gasteiger charge is -2.37. The summed E-state index contributed by atoms with van der Waals surface area (Å²) in [6.07, 6.45) is 2.21. The van der Waals surface area contributed by atoms with Gasteiger partial charge in [0.25, 0.3) is 0 Å². The van der Waals surface area contributed by atoms with Gasteiger partial charge in [0.15, 0.2) is 0 Å². The minimum Gasteiger partial charge on any atom is -0.497 e. The summed E-state index contributed by atoms with van der Waals surface area (Å²) in [5.41, 5.74) is 8.43. The molecule has 1 heterocycles. The highest BCUT2D eigenvalue weighted by Gasteiger charge is 2.55. The van der Waals surface area contributed by atoms with E-state index in [0.29, 0.717) is 24.5 Å². The largest absolute Gasteiger partial charge is 0.497 e. The molecule has 1 fully saturated rings. The number of hydrogen-bond donors (Lipinski definition) is 1. The molecule has 2 aromatic carbocycles. The molecule has 188 valence electrons. The van der Waals surface area contributed by atoms with Crippen LogP contribution >= 0.6 is 0 Å². The van der Waals surface area contributed by atoms with Crippen LogP contribution in [0, 0.1) is 0 Å². The Labute approximate surface area is 206 Å². The second-order valence-electron chi connectivity index (χ2n) is 10.3. The van der Waals surface area contributed by atoms with E-state index in [9.17, 15) is 9.59 Å². The SMILES string of the molecule is COc1ccc(CN2C(=O)C3(CCC3)c3cc(N)cc(OCCN(C)C(=O)OC(C)(C)C)c32)cc1. The molecule has 0 saturated heterocycles. The lowest BCUT2D eigenvalue weighted by Crippen LogP contribution is -2.44. The number of ether oxygens (including phenoxy) is 3. The van der Waals surface area contributed by atoms with Crippen LogP contribution in [0.4, 0.5) is 16.2 Å². The lowest BCUT2D eigenvalue weighted by molar-refractivity contribution is -0.126. The third-order valence-corrected chi connectivity index (χ3v) is 6.63. The number of nitrogen functional groups attached to an aromatic ring is 1. The van der Waals surface area contributed by atoms with Crippen LogP contribution in [0.25, 0.3) is 0 Å². The van der Waals surface area contributed by atoms with Gasteiger partial charge in [0.2, 0.25) is 5.91 Å². The van der Waals surface area contributed by atoms with E-state index in [1.807, 2.05) is 56.0 Å². The average Bonchev–Trinajstić information content (AvgIpc) is 3.00. The summed E-state index contributed by atoms with van der Waals surface area (Å²) >= 11 is 0. The Hall–Kier alpha value is -3.42. The average molecular weight is 482 g/mol. The van der Waals surface area contributed by atoms with Crippen LogP contribution in [-0.2, 0) is 21.5 Å². The minimum absolute atomic E-state index is 0.0934. The van der Waals surface area contributed by atoms with Crippen LogP contribution in [-0.4, -0.2) is 49.8 Å². The van der Waals surface area contributed by atoms with E-state index in [-0.39, 0.29) is 12.5 Å². The summed E-state index contributed by atoms with van der Waals surface area (Å²) in [6, 6.07) is 11.4. The molecule has 8 nitrogen and oxygen atoms in total. The van der Waals surface area contributed by atoms with Crippen LogP contribution in [0.2, 0.25) is 0 Å². The van der Waals surface area contributed by atoms with Gasteiger partial charge in [-0.25, -0.2) is 4.79 Å². The first kappa shape index (κ1) is 24.7. The molecule has 0 atom stereocenters. The maximum Gasteiger partial charge on any atom is 0.410 e. The number of benzene rings is 2. The fourth-order valence-corrected chi connectivity index (χ4v) is 4.66. The fourth-order valence-electron chi connectivity index (χ4n) is 4.66. The van der Waals surface area contributed by atoms with Crippen LogP contribution in [0.1, 0.15) is 51.2 Å². The molecule has 2 N–H and O–H groups in total. The molecule has 0 unspecified atom stereocenters. The second-order valence-corrected chi connectivity index (χ2v) is 10.3. The van der Waals surface area contributed by atoms with Gasteiger partial charge in [0.05, 0.1) is 31.3 Å². The molecule has 35 heavy (non-hydrogen) atoms. The van der Waals surface area contributed by atoms with Crippen molar-refractivity contribution in [3.8, 4) is 11.5 Å². The van der Waals surface area contributed by atoms with E-state index < -0.39 is 17.1 Å². The van der Waals surface area contributed by atoms with Gasteiger partial charge in [-0.15, -0.1) is 0 Å². The zero-order chi connectivity index (χ0) is 25.4. The third kappa shape index (κ3) is 4.88. The molecule has 8 heteroatoms. The number of nitrogens with two attached hydrogens (primary N) is 1. The van der Waals surface area contributed by atoms with Gasteiger partial charge in [0.1, 0.15) is 23.7 Å². The van der Waals surface area contributed by atoms with Crippen molar-refractivity contribution in [1.29, 1.82) is 0 Å². The molecular weight excluding hydrogens is 446 g/mol. The zero-order valence-electron chi connectivity index (χ0n) is 21.2. The summed E-state index contributed by atoms with van der Waals surface area (Å²) in [4.78, 5) is 29.3. The minimum atomic E-state index is -0.569. The molecule has 1 spiro atoms. The highest BCUT2D eigenvalue weighted by molar-refractivity contribution is 6.10. The Morgan fingerprint density at radius 1 is 1.17 bits per heavy atom. The van der Waals surface area contributed by atoms with Crippen molar-refractivity contribution >= 4 is 23.4 Å².